The quantitative estimate of drug-likeness (QED) is 0.671. The number of sulfonamides is 1. The molecule has 9 heteroatoms. The predicted molar refractivity (Wildman–Crippen MR) is 94.2 cm³/mol. The van der Waals surface area contributed by atoms with Crippen molar-refractivity contribution in [2.24, 2.45) is 0 Å². The van der Waals surface area contributed by atoms with Crippen LogP contribution in [0.4, 0.5) is 5.69 Å². The maximum Gasteiger partial charge on any atom is 0.244 e. The number of thiophene rings is 1. The zero-order valence-corrected chi connectivity index (χ0v) is 16.4. The number of hydrogen-bond acceptors (Lipinski definition) is 4. The molecule has 1 aromatic carbocycles. The lowest BCUT2D eigenvalue weighted by Gasteiger charge is -2.18. The zero-order chi connectivity index (χ0) is 15.8. The highest BCUT2D eigenvalue weighted by Crippen LogP contribution is 2.33. The van der Waals surface area contributed by atoms with Gasteiger partial charge in [0.05, 0.1) is 13.2 Å². The summed E-state index contributed by atoms with van der Waals surface area (Å²) in [7, 11) is -2.17. The molecule has 21 heavy (non-hydrogen) atoms. The molecule has 0 aliphatic carbocycles. The topological polar surface area (TPSA) is 63.4 Å². The Hall–Kier alpha value is -0.120. The van der Waals surface area contributed by atoms with Crippen LogP contribution in [0.15, 0.2) is 36.7 Å². The Morgan fingerprint density at radius 3 is 2.57 bits per heavy atom. The molecule has 1 heterocycles. The van der Waals surface area contributed by atoms with Crippen molar-refractivity contribution in [3.63, 3.8) is 0 Å². The first-order valence-electron chi connectivity index (χ1n) is 5.65. The van der Waals surface area contributed by atoms with Gasteiger partial charge in [-0.25, -0.2) is 8.42 Å². The normalized spacial score (nSPS) is 12.0. The molecular formula is C12H11Br2ClN2O2S2. The van der Waals surface area contributed by atoms with Crippen molar-refractivity contribution in [2.45, 2.75) is 11.4 Å². The van der Waals surface area contributed by atoms with E-state index in [0.29, 0.717) is 4.47 Å². The van der Waals surface area contributed by atoms with Gasteiger partial charge in [0.1, 0.15) is 0 Å². The van der Waals surface area contributed by atoms with Crippen LogP contribution in [-0.2, 0) is 16.6 Å². The summed E-state index contributed by atoms with van der Waals surface area (Å²) in [6.07, 6.45) is 0. The van der Waals surface area contributed by atoms with Crippen molar-refractivity contribution < 1.29 is 8.42 Å². The number of halogens is 3. The fourth-order valence-corrected chi connectivity index (χ4v) is 5.32. The average molecular weight is 475 g/mol. The van der Waals surface area contributed by atoms with Gasteiger partial charge in [0, 0.05) is 24.3 Å². The SMILES string of the molecule is CN(Cc1csc(Br)c1)S(=O)(=O)c1cc(Cl)cc(N)c1Br. The molecule has 0 unspecified atom stereocenters. The largest absolute Gasteiger partial charge is 0.398 e. The molecule has 0 aliphatic heterocycles. The number of nitrogen functional groups attached to an aromatic ring is 1. The van der Waals surface area contributed by atoms with Crippen LogP contribution in [-0.4, -0.2) is 19.8 Å². The second-order valence-electron chi connectivity index (χ2n) is 4.33. The van der Waals surface area contributed by atoms with E-state index in [1.54, 1.807) is 0 Å². The summed E-state index contributed by atoms with van der Waals surface area (Å²) in [5, 5.41) is 2.18. The van der Waals surface area contributed by atoms with E-state index >= 15 is 0 Å². The van der Waals surface area contributed by atoms with Gasteiger partial charge in [0.2, 0.25) is 10.0 Å². The first-order chi connectivity index (χ1) is 9.71. The Morgan fingerprint density at radius 1 is 1.33 bits per heavy atom. The van der Waals surface area contributed by atoms with E-state index < -0.39 is 10.0 Å². The summed E-state index contributed by atoms with van der Waals surface area (Å²) in [4.78, 5) is 0.0595. The molecule has 2 N–H and O–H groups in total. The molecule has 0 radical (unpaired) electrons. The first-order valence-corrected chi connectivity index (χ1v) is 9.94. The van der Waals surface area contributed by atoms with E-state index in [4.69, 9.17) is 17.3 Å². The van der Waals surface area contributed by atoms with Crippen LogP contribution >= 0.6 is 54.8 Å². The third kappa shape index (κ3) is 3.80. The van der Waals surface area contributed by atoms with Crippen LogP contribution in [0.5, 0.6) is 0 Å². The molecule has 2 aromatic rings. The molecule has 0 spiro atoms. The maximum atomic E-state index is 12.6. The van der Waals surface area contributed by atoms with Crippen molar-refractivity contribution in [1.29, 1.82) is 0 Å². The summed E-state index contributed by atoms with van der Waals surface area (Å²) in [6.45, 7) is 0.267. The lowest BCUT2D eigenvalue weighted by molar-refractivity contribution is 0.467. The van der Waals surface area contributed by atoms with Crippen molar-refractivity contribution in [3.8, 4) is 0 Å². The van der Waals surface area contributed by atoms with Crippen molar-refractivity contribution in [1.82, 2.24) is 4.31 Å². The van der Waals surface area contributed by atoms with Gasteiger partial charge in [-0.05, 0) is 61.0 Å². The van der Waals surface area contributed by atoms with Gasteiger partial charge in [-0.3, -0.25) is 0 Å². The minimum absolute atomic E-state index is 0.0595. The fourth-order valence-electron chi connectivity index (χ4n) is 1.71. The predicted octanol–water partition coefficient (Wildman–Crippen LogP) is 4.33. The molecule has 0 saturated heterocycles. The standard InChI is InChI=1S/C12H11Br2ClN2O2S2/c1-17(5-7-2-11(13)20-6-7)21(18,19)10-4-8(15)3-9(16)12(10)14/h2-4,6H,5,16H2,1H3. The van der Waals surface area contributed by atoms with Crippen LogP contribution < -0.4 is 5.73 Å². The highest BCUT2D eigenvalue weighted by Gasteiger charge is 2.25. The Bertz CT molecular complexity index is 778. The average Bonchev–Trinajstić information content (AvgIpc) is 2.79. The number of rotatable bonds is 4. The van der Waals surface area contributed by atoms with E-state index in [2.05, 4.69) is 31.9 Å². The van der Waals surface area contributed by atoms with E-state index in [0.717, 1.165) is 9.35 Å². The van der Waals surface area contributed by atoms with E-state index in [9.17, 15) is 8.42 Å². The Morgan fingerprint density at radius 2 is 2.00 bits per heavy atom. The van der Waals surface area contributed by atoms with Crippen molar-refractivity contribution in [3.05, 3.63) is 42.4 Å². The van der Waals surface area contributed by atoms with Crippen molar-refractivity contribution >= 4 is 70.5 Å². The minimum atomic E-state index is -3.69. The van der Waals surface area contributed by atoms with Gasteiger partial charge in [0.25, 0.3) is 0 Å². The third-order valence-electron chi connectivity index (χ3n) is 2.75. The van der Waals surface area contributed by atoms with Gasteiger partial charge < -0.3 is 5.73 Å². The highest BCUT2D eigenvalue weighted by molar-refractivity contribution is 9.11. The van der Waals surface area contributed by atoms with Gasteiger partial charge in [-0.2, -0.15) is 4.31 Å². The molecule has 0 saturated carbocycles. The lowest BCUT2D eigenvalue weighted by Crippen LogP contribution is -2.26. The summed E-state index contributed by atoms with van der Waals surface area (Å²) < 4.78 is 27.8. The first kappa shape index (κ1) is 17.2. The molecule has 0 aliphatic rings. The molecule has 0 atom stereocenters. The zero-order valence-electron chi connectivity index (χ0n) is 10.8. The van der Waals surface area contributed by atoms with Crippen LogP contribution in [0.1, 0.15) is 5.56 Å². The van der Waals surface area contributed by atoms with Crippen molar-refractivity contribution in [2.75, 3.05) is 12.8 Å². The Labute approximate surface area is 149 Å². The second kappa shape index (κ2) is 6.55. The Kier molecular flexibility index (Phi) is 5.38. The molecule has 4 nitrogen and oxygen atoms in total. The molecule has 0 bridgehead atoms. The Balaban J connectivity index is 2.37. The summed E-state index contributed by atoms with van der Waals surface area (Å²) in [6, 6.07) is 4.77. The smallest absolute Gasteiger partial charge is 0.244 e. The van der Waals surface area contributed by atoms with E-state index in [1.807, 2.05) is 11.4 Å². The van der Waals surface area contributed by atoms with Gasteiger partial charge in [-0.15, -0.1) is 11.3 Å². The monoisotopic (exact) mass is 472 g/mol. The van der Waals surface area contributed by atoms with Gasteiger partial charge >= 0.3 is 0 Å². The molecule has 0 amide bonds. The van der Waals surface area contributed by atoms with Gasteiger partial charge in [0.15, 0.2) is 0 Å². The molecule has 114 valence electrons. The molecule has 2 rings (SSSR count). The lowest BCUT2D eigenvalue weighted by atomic mass is 10.3. The van der Waals surface area contributed by atoms with Crippen LogP contribution in [0, 0.1) is 0 Å². The third-order valence-corrected chi connectivity index (χ3v) is 7.49. The molecule has 0 fully saturated rings. The molecule has 1 aromatic heterocycles. The number of benzene rings is 1. The number of nitrogens with zero attached hydrogens (tertiary/aromatic N) is 1. The number of nitrogens with two attached hydrogens (primary N) is 1. The highest BCUT2D eigenvalue weighted by atomic mass is 79.9. The van der Waals surface area contributed by atoms with Gasteiger partial charge in [-0.1, -0.05) is 11.6 Å². The molecular weight excluding hydrogens is 464 g/mol. The van der Waals surface area contributed by atoms with E-state index in [-0.39, 0.29) is 22.2 Å². The second-order valence-corrected chi connectivity index (χ2v) is 9.86. The van der Waals surface area contributed by atoms with Crippen LogP contribution in [0.2, 0.25) is 5.02 Å². The van der Waals surface area contributed by atoms with Crippen LogP contribution in [0.3, 0.4) is 0 Å². The minimum Gasteiger partial charge on any atom is -0.398 e. The summed E-state index contributed by atoms with van der Waals surface area (Å²) in [5.74, 6) is 0. The maximum absolute atomic E-state index is 12.6. The van der Waals surface area contributed by atoms with Crippen LogP contribution in [0.25, 0.3) is 0 Å². The number of hydrogen-bond donors (Lipinski definition) is 1. The van der Waals surface area contributed by atoms with E-state index in [1.165, 1.54) is 34.8 Å². The summed E-state index contributed by atoms with van der Waals surface area (Å²) >= 11 is 14.0. The fraction of sp³-hybridized carbons (Fsp3) is 0.167. The number of anilines is 1. The summed E-state index contributed by atoms with van der Waals surface area (Å²) in [5.41, 5.74) is 6.95.